The van der Waals surface area contributed by atoms with E-state index in [-0.39, 0.29) is 11.4 Å². The van der Waals surface area contributed by atoms with Gasteiger partial charge in [0.1, 0.15) is 6.04 Å². The molecule has 0 amide bonds. The quantitative estimate of drug-likeness (QED) is 0.748. The summed E-state index contributed by atoms with van der Waals surface area (Å²) < 4.78 is 6.14. The predicted molar refractivity (Wildman–Crippen MR) is 82.7 cm³/mol. The van der Waals surface area contributed by atoms with Gasteiger partial charge in [0.2, 0.25) is 0 Å². The summed E-state index contributed by atoms with van der Waals surface area (Å²) in [6, 6.07) is 12.2. The van der Waals surface area contributed by atoms with Gasteiger partial charge in [0.15, 0.2) is 11.4 Å². The molecule has 2 aromatic carbocycles. The molecular weight excluding hydrogens is 298 g/mol. The highest BCUT2D eigenvalue weighted by Crippen LogP contribution is 2.20. The highest BCUT2D eigenvalue weighted by molar-refractivity contribution is 6.10. The fourth-order valence-electron chi connectivity index (χ4n) is 2.41. The van der Waals surface area contributed by atoms with Gasteiger partial charge < -0.3 is 9.52 Å². The average molecular weight is 311 g/mol. The normalized spacial score (nSPS) is 12.2. The summed E-state index contributed by atoms with van der Waals surface area (Å²) in [5.74, 6) is -2.10. The van der Waals surface area contributed by atoms with E-state index in [1.165, 1.54) is 19.1 Å². The summed E-state index contributed by atoms with van der Waals surface area (Å²) in [5.41, 5.74) is 1.42. The van der Waals surface area contributed by atoms with Gasteiger partial charge in [0.25, 0.3) is 0 Å². The number of carbonyl (C=O) groups is 2. The van der Waals surface area contributed by atoms with Crippen LogP contribution < -0.4 is 5.76 Å². The van der Waals surface area contributed by atoms with Crippen LogP contribution in [0.5, 0.6) is 0 Å². The number of oxazole rings is 1. The SMILES string of the molecule is CC(C(=O)O)n1c(=O)oc2cc(C(=O)c3ccccc3)ccc21. The summed E-state index contributed by atoms with van der Waals surface area (Å²) in [7, 11) is 0. The van der Waals surface area contributed by atoms with Crippen LogP contribution in [0.3, 0.4) is 0 Å². The highest BCUT2D eigenvalue weighted by Gasteiger charge is 2.21. The van der Waals surface area contributed by atoms with Crippen molar-refractivity contribution in [1.29, 1.82) is 0 Å². The van der Waals surface area contributed by atoms with E-state index in [1.54, 1.807) is 30.3 Å². The van der Waals surface area contributed by atoms with Gasteiger partial charge in [-0.15, -0.1) is 0 Å². The van der Waals surface area contributed by atoms with Crippen LogP contribution in [0.4, 0.5) is 0 Å². The van der Waals surface area contributed by atoms with E-state index in [1.807, 2.05) is 6.07 Å². The number of aromatic nitrogens is 1. The van der Waals surface area contributed by atoms with Crippen molar-refractivity contribution in [1.82, 2.24) is 4.57 Å². The minimum absolute atomic E-state index is 0.185. The Hall–Kier alpha value is -3.15. The Morgan fingerprint density at radius 3 is 2.43 bits per heavy atom. The number of nitrogens with zero attached hydrogens (tertiary/aromatic N) is 1. The first-order valence-electron chi connectivity index (χ1n) is 6.96. The Morgan fingerprint density at radius 1 is 1.09 bits per heavy atom. The lowest BCUT2D eigenvalue weighted by atomic mass is 10.0. The number of carboxylic acids is 1. The summed E-state index contributed by atoms with van der Waals surface area (Å²) in [6.07, 6.45) is 0. The molecule has 23 heavy (non-hydrogen) atoms. The number of hydrogen-bond acceptors (Lipinski definition) is 4. The first-order chi connectivity index (χ1) is 11.0. The minimum atomic E-state index is -1.14. The molecule has 1 unspecified atom stereocenters. The van der Waals surface area contributed by atoms with Crippen molar-refractivity contribution in [2.45, 2.75) is 13.0 Å². The zero-order valence-corrected chi connectivity index (χ0v) is 12.2. The van der Waals surface area contributed by atoms with Crippen molar-refractivity contribution >= 4 is 22.9 Å². The molecule has 6 nitrogen and oxygen atoms in total. The number of carboxylic acid groups (broad SMARTS) is 1. The van der Waals surface area contributed by atoms with Crippen molar-refractivity contribution in [2.75, 3.05) is 0 Å². The fraction of sp³-hybridized carbons (Fsp3) is 0.118. The van der Waals surface area contributed by atoms with Gasteiger partial charge in [-0.05, 0) is 25.1 Å². The highest BCUT2D eigenvalue weighted by atomic mass is 16.4. The van der Waals surface area contributed by atoms with E-state index in [2.05, 4.69) is 0 Å². The molecule has 1 heterocycles. The standard InChI is InChI=1S/C17H13NO5/c1-10(16(20)21)18-13-8-7-12(9-14(13)23-17(18)22)15(19)11-5-3-2-4-6-11/h2-10H,1H3,(H,20,21). The fourth-order valence-corrected chi connectivity index (χ4v) is 2.41. The Labute approximate surface area is 130 Å². The summed E-state index contributed by atoms with van der Waals surface area (Å²) in [5, 5.41) is 9.07. The van der Waals surface area contributed by atoms with Crippen LogP contribution >= 0.6 is 0 Å². The minimum Gasteiger partial charge on any atom is -0.480 e. The molecule has 0 aliphatic heterocycles. The number of aliphatic carboxylic acids is 1. The molecule has 0 saturated carbocycles. The number of rotatable bonds is 4. The smallest absolute Gasteiger partial charge is 0.420 e. The number of carbonyl (C=O) groups excluding carboxylic acids is 1. The van der Waals surface area contributed by atoms with Crippen LogP contribution in [0.25, 0.3) is 11.1 Å². The Balaban J connectivity index is 2.09. The summed E-state index contributed by atoms with van der Waals surface area (Å²) in [6.45, 7) is 1.39. The van der Waals surface area contributed by atoms with E-state index >= 15 is 0 Å². The Bertz CT molecular complexity index is 952. The van der Waals surface area contributed by atoms with Gasteiger partial charge in [-0.3, -0.25) is 9.36 Å². The average Bonchev–Trinajstić information content (AvgIpc) is 2.88. The zero-order valence-electron chi connectivity index (χ0n) is 12.2. The molecular formula is C17H13NO5. The molecule has 1 atom stereocenters. The Morgan fingerprint density at radius 2 is 1.78 bits per heavy atom. The first kappa shape index (κ1) is 14.8. The summed E-state index contributed by atoms with van der Waals surface area (Å²) in [4.78, 5) is 35.4. The molecule has 0 bridgehead atoms. The number of hydrogen-bond donors (Lipinski definition) is 1. The molecule has 1 N–H and O–H groups in total. The molecule has 0 saturated heterocycles. The topological polar surface area (TPSA) is 89.5 Å². The second-order valence-electron chi connectivity index (χ2n) is 5.13. The van der Waals surface area contributed by atoms with Crippen molar-refractivity contribution in [2.24, 2.45) is 0 Å². The molecule has 0 aliphatic rings. The maximum absolute atomic E-state index is 12.4. The van der Waals surface area contributed by atoms with Crippen molar-refractivity contribution in [3.8, 4) is 0 Å². The van der Waals surface area contributed by atoms with Gasteiger partial charge >= 0.3 is 11.7 Å². The lowest BCUT2D eigenvalue weighted by Gasteiger charge is -2.07. The second-order valence-corrected chi connectivity index (χ2v) is 5.13. The van der Waals surface area contributed by atoms with E-state index in [0.717, 1.165) is 4.57 Å². The largest absolute Gasteiger partial charge is 0.480 e. The zero-order chi connectivity index (χ0) is 16.6. The van der Waals surface area contributed by atoms with E-state index in [4.69, 9.17) is 9.52 Å². The van der Waals surface area contributed by atoms with Crippen LogP contribution in [0, 0.1) is 0 Å². The third-order valence-electron chi connectivity index (χ3n) is 3.66. The van der Waals surface area contributed by atoms with Gasteiger partial charge in [-0.2, -0.15) is 0 Å². The van der Waals surface area contributed by atoms with Crippen molar-refractivity contribution < 1.29 is 19.1 Å². The van der Waals surface area contributed by atoms with Crippen LogP contribution in [0.2, 0.25) is 0 Å². The lowest BCUT2D eigenvalue weighted by molar-refractivity contribution is -0.140. The van der Waals surface area contributed by atoms with E-state index < -0.39 is 17.8 Å². The van der Waals surface area contributed by atoms with Crippen LogP contribution in [-0.4, -0.2) is 21.4 Å². The summed E-state index contributed by atoms with van der Waals surface area (Å²) >= 11 is 0. The first-order valence-corrected chi connectivity index (χ1v) is 6.96. The monoisotopic (exact) mass is 311 g/mol. The van der Waals surface area contributed by atoms with Gasteiger partial charge in [-0.1, -0.05) is 30.3 Å². The maximum Gasteiger partial charge on any atom is 0.420 e. The predicted octanol–water partition coefficient (Wildman–Crippen LogP) is 2.47. The number of benzene rings is 2. The van der Waals surface area contributed by atoms with Gasteiger partial charge in [-0.25, -0.2) is 9.59 Å². The molecule has 3 rings (SSSR count). The molecule has 0 spiro atoms. The van der Waals surface area contributed by atoms with Crippen LogP contribution in [-0.2, 0) is 4.79 Å². The maximum atomic E-state index is 12.4. The lowest BCUT2D eigenvalue weighted by Crippen LogP contribution is -2.24. The third-order valence-corrected chi connectivity index (χ3v) is 3.66. The molecule has 6 heteroatoms. The van der Waals surface area contributed by atoms with E-state index in [9.17, 15) is 14.4 Å². The molecule has 0 fully saturated rings. The second kappa shape index (κ2) is 5.57. The third kappa shape index (κ3) is 2.55. The van der Waals surface area contributed by atoms with Crippen molar-refractivity contribution in [3.05, 3.63) is 70.2 Å². The molecule has 1 aromatic heterocycles. The van der Waals surface area contributed by atoms with Crippen LogP contribution in [0.1, 0.15) is 28.9 Å². The van der Waals surface area contributed by atoms with Crippen LogP contribution in [0.15, 0.2) is 57.7 Å². The molecule has 116 valence electrons. The molecule has 3 aromatic rings. The van der Waals surface area contributed by atoms with Crippen molar-refractivity contribution in [3.63, 3.8) is 0 Å². The van der Waals surface area contributed by atoms with Gasteiger partial charge in [0, 0.05) is 11.1 Å². The number of ketones is 1. The van der Waals surface area contributed by atoms with Gasteiger partial charge in [0.05, 0.1) is 5.52 Å². The van der Waals surface area contributed by atoms with E-state index in [0.29, 0.717) is 16.6 Å². The molecule has 0 radical (unpaired) electrons. The molecule has 0 aliphatic carbocycles. The number of fused-ring (bicyclic) bond motifs is 1. The Kier molecular flexibility index (Phi) is 3.57.